The summed E-state index contributed by atoms with van der Waals surface area (Å²) in [5, 5.41) is 3.34. The molecule has 0 saturated carbocycles. The Morgan fingerprint density at radius 1 is 1.33 bits per heavy atom. The Balaban J connectivity index is 2.01. The number of pyridine rings is 1. The summed E-state index contributed by atoms with van der Waals surface area (Å²) in [6.07, 6.45) is 2.43. The molecule has 1 N–H and O–H groups in total. The molecule has 1 aromatic heterocycles. The number of hydrogen-bond donors (Lipinski definition) is 1. The van der Waals surface area contributed by atoms with Crippen molar-refractivity contribution in [1.29, 1.82) is 0 Å². The topological polar surface area (TPSA) is 28.2 Å². The second kappa shape index (κ2) is 4.62. The maximum absolute atomic E-state index is 4.55. The lowest BCUT2D eigenvalue weighted by Gasteiger charge is -2.32. The lowest BCUT2D eigenvalue weighted by molar-refractivity contribution is 0.440. The van der Waals surface area contributed by atoms with Gasteiger partial charge in [-0.1, -0.05) is 6.07 Å². The normalized spacial score (nSPS) is 18.1. The zero-order valence-corrected chi connectivity index (χ0v) is 9.53. The van der Waals surface area contributed by atoms with E-state index in [0.29, 0.717) is 6.04 Å². The van der Waals surface area contributed by atoms with Crippen molar-refractivity contribution in [1.82, 2.24) is 10.3 Å². The predicted molar refractivity (Wildman–Crippen MR) is 63.3 cm³/mol. The highest BCUT2D eigenvalue weighted by Crippen LogP contribution is 2.17. The van der Waals surface area contributed by atoms with Gasteiger partial charge in [0.05, 0.1) is 0 Å². The molecule has 0 unspecified atom stereocenters. The van der Waals surface area contributed by atoms with Gasteiger partial charge in [-0.2, -0.15) is 0 Å². The number of rotatable bonds is 2. The fourth-order valence-corrected chi connectivity index (χ4v) is 2.10. The van der Waals surface area contributed by atoms with E-state index in [1.54, 1.807) is 0 Å². The first-order chi connectivity index (χ1) is 7.29. The summed E-state index contributed by atoms with van der Waals surface area (Å²) in [7, 11) is 2.05. The first-order valence-corrected chi connectivity index (χ1v) is 5.65. The molecule has 1 saturated heterocycles. The summed E-state index contributed by atoms with van der Waals surface area (Å²) >= 11 is 0. The number of anilines is 1. The predicted octanol–water partition coefficient (Wildman–Crippen LogP) is 1.58. The van der Waals surface area contributed by atoms with Crippen LogP contribution in [0.2, 0.25) is 0 Å². The zero-order chi connectivity index (χ0) is 10.7. The molecule has 0 aromatic carbocycles. The SMILES string of the molecule is CNC1CCN(c2cccc(C)n2)CC1. The van der Waals surface area contributed by atoms with Gasteiger partial charge in [-0.05, 0) is 38.9 Å². The van der Waals surface area contributed by atoms with Crippen LogP contribution in [0.3, 0.4) is 0 Å². The van der Waals surface area contributed by atoms with Crippen LogP contribution in [0.25, 0.3) is 0 Å². The summed E-state index contributed by atoms with van der Waals surface area (Å²) in [6, 6.07) is 6.92. The molecule has 0 radical (unpaired) electrons. The van der Waals surface area contributed by atoms with Crippen LogP contribution in [0.4, 0.5) is 5.82 Å². The molecule has 82 valence electrons. The Kier molecular flexibility index (Phi) is 3.21. The van der Waals surface area contributed by atoms with E-state index in [2.05, 4.69) is 27.3 Å². The van der Waals surface area contributed by atoms with Crippen LogP contribution in [-0.2, 0) is 0 Å². The average Bonchev–Trinajstić information content (AvgIpc) is 2.29. The minimum Gasteiger partial charge on any atom is -0.356 e. The summed E-state index contributed by atoms with van der Waals surface area (Å²) in [5.41, 5.74) is 1.10. The molecule has 15 heavy (non-hydrogen) atoms. The van der Waals surface area contributed by atoms with Crippen LogP contribution >= 0.6 is 0 Å². The Labute approximate surface area is 91.5 Å². The van der Waals surface area contributed by atoms with Crippen LogP contribution in [0.1, 0.15) is 18.5 Å². The van der Waals surface area contributed by atoms with Crippen molar-refractivity contribution in [2.24, 2.45) is 0 Å². The van der Waals surface area contributed by atoms with Crippen LogP contribution in [0.5, 0.6) is 0 Å². The van der Waals surface area contributed by atoms with E-state index in [9.17, 15) is 0 Å². The van der Waals surface area contributed by atoms with Crippen molar-refractivity contribution in [2.45, 2.75) is 25.8 Å². The number of hydrogen-bond acceptors (Lipinski definition) is 3. The molecule has 3 heteroatoms. The monoisotopic (exact) mass is 205 g/mol. The average molecular weight is 205 g/mol. The highest BCUT2D eigenvalue weighted by molar-refractivity contribution is 5.39. The van der Waals surface area contributed by atoms with Crippen molar-refractivity contribution in [3.05, 3.63) is 23.9 Å². The number of aryl methyl sites for hydroxylation is 1. The highest BCUT2D eigenvalue weighted by Gasteiger charge is 2.18. The van der Waals surface area contributed by atoms with Crippen molar-refractivity contribution >= 4 is 5.82 Å². The number of nitrogens with zero attached hydrogens (tertiary/aromatic N) is 2. The summed E-state index contributed by atoms with van der Waals surface area (Å²) < 4.78 is 0. The standard InChI is InChI=1S/C12H19N3/c1-10-4-3-5-12(14-10)15-8-6-11(13-2)7-9-15/h3-5,11,13H,6-9H2,1-2H3. The smallest absolute Gasteiger partial charge is 0.128 e. The van der Waals surface area contributed by atoms with Gasteiger partial charge in [-0.15, -0.1) is 0 Å². The third kappa shape index (κ3) is 2.48. The van der Waals surface area contributed by atoms with Gasteiger partial charge in [0.2, 0.25) is 0 Å². The van der Waals surface area contributed by atoms with Gasteiger partial charge >= 0.3 is 0 Å². The van der Waals surface area contributed by atoms with E-state index < -0.39 is 0 Å². The van der Waals surface area contributed by atoms with Crippen molar-refractivity contribution in [2.75, 3.05) is 25.0 Å². The minimum absolute atomic E-state index is 0.686. The van der Waals surface area contributed by atoms with Crippen LogP contribution in [0, 0.1) is 6.92 Å². The number of aromatic nitrogens is 1. The summed E-state index contributed by atoms with van der Waals surface area (Å²) in [5.74, 6) is 1.13. The van der Waals surface area contributed by atoms with E-state index in [1.807, 2.05) is 20.0 Å². The molecule has 2 rings (SSSR count). The maximum Gasteiger partial charge on any atom is 0.128 e. The quantitative estimate of drug-likeness (QED) is 0.794. The Bertz CT molecular complexity index is 316. The highest BCUT2D eigenvalue weighted by atomic mass is 15.2. The zero-order valence-electron chi connectivity index (χ0n) is 9.53. The fraction of sp³-hybridized carbons (Fsp3) is 0.583. The molecular weight excluding hydrogens is 186 g/mol. The van der Waals surface area contributed by atoms with E-state index in [1.165, 1.54) is 12.8 Å². The lowest BCUT2D eigenvalue weighted by Crippen LogP contribution is -2.41. The summed E-state index contributed by atoms with van der Waals surface area (Å²) in [4.78, 5) is 6.93. The number of nitrogens with one attached hydrogen (secondary N) is 1. The van der Waals surface area contributed by atoms with E-state index >= 15 is 0 Å². The van der Waals surface area contributed by atoms with Crippen molar-refractivity contribution in [3.63, 3.8) is 0 Å². The molecule has 2 heterocycles. The molecule has 1 aromatic rings. The van der Waals surface area contributed by atoms with E-state index in [0.717, 1.165) is 24.6 Å². The van der Waals surface area contributed by atoms with Crippen molar-refractivity contribution < 1.29 is 0 Å². The van der Waals surface area contributed by atoms with E-state index in [4.69, 9.17) is 0 Å². The molecule has 0 spiro atoms. The van der Waals surface area contributed by atoms with Crippen LogP contribution in [0.15, 0.2) is 18.2 Å². The molecule has 0 bridgehead atoms. The fourth-order valence-electron chi connectivity index (χ4n) is 2.10. The molecule has 0 aliphatic carbocycles. The summed E-state index contributed by atoms with van der Waals surface area (Å²) in [6.45, 7) is 4.27. The van der Waals surface area contributed by atoms with Gasteiger partial charge in [-0.3, -0.25) is 0 Å². The van der Waals surface area contributed by atoms with Crippen LogP contribution in [-0.4, -0.2) is 31.2 Å². The largest absolute Gasteiger partial charge is 0.356 e. The second-order valence-corrected chi connectivity index (χ2v) is 4.19. The van der Waals surface area contributed by atoms with Gasteiger partial charge < -0.3 is 10.2 Å². The first-order valence-electron chi connectivity index (χ1n) is 5.65. The third-order valence-corrected chi connectivity index (χ3v) is 3.10. The van der Waals surface area contributed by atoms with Gasteiger partial charge in [-0.25, -0.2) is 4.98 Å². The Morgan fingerprint density at radius 3 is 2.67 bits per heavy atom. The molecule has 1 fully saturated rings. The van der Waals surface area contributed by atoms with Gasteiger partial charge in [0.25, 0.3) is 0 Å². The Hall–Kier alpha value is -1.09. The first kappa shape index (κ1) is 10.4. The number of piperidine rings is 1. The van der Waals surface area contributed by atoms with Gasteiger partial charge in [0.1, 0.15) is 5.82 Å². The molecule has 1 aliphatic heterocycles. The Morgan fingerprint density at radius 2 is 2.07 bits per heavy atom. The third-order valence-electron chi connectivity index (χ3n) is 3.10. The van der Waals surface area contributed by atoms with Crippen molar-refractivity contribution in [3.8, 4) is 0 Å². The molecular formula is C12H19N3. The van der Waals surface area contributed by atoms with E-state index in [-0.39, 0.29) is 0 Å². The molecule has 1 aliphatic rings. The second-order valence-electron chi connectivity index (χ2n) is 4.19. The lowest BCUT2D eigenvalue weighted by atomic mass is 10.1. The van der Waals surface area contributed by atoms with Gasteiger partial charge in [0, 0.05) is 24.8 Å². The maximum atomic E-state index is 4.55. The minimum atomic E-state index is 0.686. The molecule has 0 amide bonds. The molecule has 3 nitrogen and oxygen atoms in total. The van der Waals surface area contributed by atoms with Crippen LogP contribution < -0.4 is 10.2 Å². The molecule has 0 atom stereocenters. The van der Waals surface area contributed by atoms with Gasteiger partial charge in [0.15, 0.2) is 0 Å².